The zero-order chi connectivity index (χ0) is 36.7. The van der Waals surface area contributed by atoms with E-state index in [1.54, 1.807) is 6.07 Å². The average Bonchev–Trinajstić information content (AvgIpc) is 3.52. The monoisotopic (exact) mass is 736 g/mol. The summed E-state index contributed by atoms with van der Waals surface area (Å²) in [5.41, 5.74) is -0.986. The van der Waals surface area contributed by atoms with Crippen molar-refractivity contribution in [2.45, 2.75) is 67.5 Å². The number of benzene rings is 3. The number of halogens is 6. The van der Waals surface area contributed by atoms with Gasteiger partial charge in [0, 0.05) is 54.0 Å². The maximum absolute atomic E-state index is 14.6. The topological polar surface area (TPSA) is 106 Å². The summed E-state index contributed by atoms with van der Waals surface area (Å²) in [7, 11) is -3.84. The van der Waals surface area contributed by atoms with Crippen molar-refractivity contribution in [1.29, 1.82) is 0 Å². The Labute approximate surface area is 291 Å². The lowest BCUT2D eigenvalue weighted by Crippen LogP contribution is -2.44. The van der Waals surface area contributed by atoms with Crippen LogP contribution in [0.15, 0.2) is 77.7 Å². The molecule has 0 bridgehead atoms. The first-order chi connectivity index (χ1) is 24.0. The second-order valence-electron chi connectivity index (χ2n) is 13.3. The number of nitrogens with one attached hydrogen (secondary N) is 1. The summed E-state index contributed by atoms with van der Waals surface area (Å²) >= 11 is 0. The molecule has 1 aromatic heterocycles. The normalized spacial score (nSPS) is 19.8. The van der Waals surface area contributed by atoms with Gasteiger partial charge in [0.05, 0.1) is 27.8 Å². The van der Waals surface area contributed by atoms with Gasteiger partial charge < -0.3 is 10.2 Å². The number of aromatic nitrogens is 1. The van der Waals surface area contributed by atoms with E-state index in [2.05, 4.69) is 15.2 Å². The summed E-state index contributed by atoms with van der Waals surface area (Å²) in [5.74, 6) is 0. The molecular weight excluding hydrogens is 698 g/mol. The van der Waals surface area contributed by atoms with E-state index >= 15 is 0 Å². The highest BCUT2D eigenvalue weighted by atomic mass is 32.2. The summed E-state index contributed by atoms with van der Waals surface area (Å²) in [5, 5.41) is 24.3. The minimum atomic E-state index is -4.88. The third kappa shape index (κ3) is 8.39. The lowest BCUT2D eigenvalue weighted by Gasteiger charge is -2.37. The molecule has 274 valence electrons. The Morgan fingerprint density at radius 1 is 0.922 bits per heavy atom. The highest BCUT2D eigenvalue weighted by Crippen LogP contribution is 2.41. The second-order valence-corrected chi connectivity index (χ2v) is 15.3. The van der Waals surface area contributed by atoms with Crippen molar-refractivity contribution in [1.82, 2.24) is 20.1 Å². The third-order valence-electron chi connectivity index (χ3n) is 9.70. The van der Waals surface area contributed by atoms with Gasteiger partial charge in [0.1, 0.15) is 12.3 Å². The first-order valence-corrected chi connectivity index (χ1v) is 18.4. The molecular formula is C36H38F6N4O4S. The number of hydrogen-bond acceptors (Lipinski definition) is 8. The minimum absolute atomic E-state index is 0.0109. The van der Waals surface area contributed by atoms with Gasteiger partial charge in [-0.25, -0.2) is 13.4 Å². The number of fused-ring (bicyclic) bond motifs is 1. The Morgan fingerprint density at radius 2 is 1.63 bits per heavy atom. The molecule has 51 heavy (non-hydrogen) atoms. The molecule has 15 heteroatoms. The third-order valence-corrected chi connectivity index (χ3v) is 10.8. The smallest absolute Gasteiger partial charge is 0.392 e. The number of β-amino-alcohol motifs (C(OH)–C–C–N with tert-alkyl or cyclic N) is 1. The molecule has 0 radical (unpaired) electrons. The number of hydrogen-bond donors (Lipinski definition) is 3. The Bertz CT molecular complexity index is 1970. The Morgan fingerprint density at radius 3 is 2.24 bits per heavy atom. The molecule has 3 heterocycles. The van der Waals surface area contributed by atoms with E-state index in [0.717, 1.165) is 24.9 Å². The maximum atomic E-state index is 14.6. The van der Waals surface area contributed by atoms with Gasteiger partial charge in [0.15, 0.2) is 9.84 Å². The van der Waals surface area contributed by atoms with Gasteiger partial charge >= 0.3 is 12.4 Å². The highest BCUT2D eigenvalue weighted by molar-refractivity contribution is 7.90. The highest BCUT2D eigenvalue weighted by Gasteiger charge is 2.43. The molecule has 8 nitrogen and oxygen atoms in total. The lowest BCUT2D eigenvalue weighted by atomic mass is 9.93. The van der Waals surface area contributed by atoms with Crippen LogP contribution in [-0.4, -0.2) is 84.2 Å². The van der Waals surface area contributed by atoms with Crippen LogP contribution in [0.2, 0.25) is 0 Å². The molecule has 2 fully saturated rings. The number of rotatable bonds is 9. The van der Waals surface area contributed by atoms with Crippen molar-refractivity contribution < 1.29 is 45.0 Å². The predicted molar refractivity (Wildman–Crippen MR) is 179 cm³/mol. The summed E-state index contributed by atoms with van der Waals surface area (Å²) < 4.78 is 111. The predicted octanol–water partition coefficient (Wildman–Crippen LogP) is 6.24. The zero-order valence-electron chi connectivity index (χ0n) is 27.6. The fourth-order valence-electron chi connectivity index (χ4n) is 7.12. The molecule has 2 aliphatic rings. The fraction of sp³-hybridized carbons (Fsp3) is 0.417. The lowest BCUT2D eigenvalue weighted by molar-refractivity contribution is -0.165. The van der Waals surface area contributed by atoms with Gasteiger partial charge in [0.2, 0.25) is 0 Å². The van der Waals surface area contributed by atoms with Gasteiger partial charge in [-0.05, 0) is 68.2 Å². The van der Waals surface area contributed by atoms with E-state index in [9.17, 15) is 45.0 Å². The molecule has 0 saturated carbocycles. The molecule has 3 unspecified atom stereocenters. The van der Waals surface area contributed by atoms with Crippen LogP contribution in [0, 0.1) is 0 Å². The Balaban J connectivity index is 1.52. The first kappa shape index (κ1) is 37.2. The second kappa shape index (κ2) is 14.4. The molecule has 0 spiro atoms. The van der Waals surface area contributed by atoms with Crippen molar-refractivity contribution >= 4 is 20.7 Å². The molecule has 3 N–H and O–H groups in total. The Kier molecular flexibility index (Phi) is 10.5. The molecule has 3 aromatic carbocycles. The summed E-state index contributed by atoms with van der Waals surface area (Å²) in [6, 6.07) is 13.0. The van der Waals surface area contributed by atoms with Crippen LogP contribution in [0.25, 0.3) is 22.2 Å². The van der Waals surface area contributed by atoms with Gasteiger partial charge in [-0.1, -0.05) is 42.5 Å². The first-order valence-electron chi connectivity index (χ1n) is 16.5. The number of likely N-dealkylation sites (tertiary alicyclic amines) is 2. The quantitative estimate of drug-likeness (QED) is 0.137. The van der Waals surface area contributed by atoms with Gasteiger partial charge in [-0.15, -0.1) is 0 Å². The fourth-order valence-corrected chi connectivity index (χ4v) is 7.77. The van der Waals surface area contributed by atoms with Gasteiger partial charge in [0.25, 0.3) is 0 Å². The SMILES string of the molecule is CS(=O)(=O)c1ccc2nc(-c3cccc(C(F)(F)F)c3)c(CN3CCC(N4CCC(O)C4)CC3)c(C(O)NC(c3ccccc3)C(F)(F)F)c2c1. The van der Waals surface area contributed by atoms with E-state index in [1.807, 2.05) is 4.90 Å². The number of alkyl halides is 6. The number of piperidine rings is 1. The van der Waals surface area contributed by atoms with Crippen LogP contribution in [0.5, 0.6) is 0 Å². The standard InChI is InChI=1S/C36H38F6N4O4S/c1-51(49,50)27-10-11-30-28(19-27)31(34(48)44-33(36(40,41)42)22-6-3-2-4-7-22)29(32(43-30)23-8-5-9-24(18-23)35(37,38)39)21-45-15-12-25(13-16-45)46-17-14-26(47)20-46/h2-11,18-19,25-26,33-34,44,47-48H,12-17,20-21H2,1H3. The van der Waals surface area contributed by atoms with E-state index < -0.39 is 46.1 Å². The number of nitrogens with zero attached hydrogens (tertiary/aromatic N) is 3. The van der Waals surface area contributed by atoms with Crippen molar-refractivity contribution in [2.24, 2.45) is 0 Å². The van der Waals surface area contributed by atoms with Crippen LogP contribution < -0.4 is 5.32 Å². The van der Waals surface area contributed by atoms with Crippen molar-refractivity contribution in [2.75, 3.05) is 32.4 Å². The molecule has 4 aromatic rings. The number of aliphatic hydroxyl groups excluding tert-OH is 2. The van der Waals surface area contributed by atoms with Crippen LogP contribution in [0.1, 0.15) is 53.8 Å². The van der Waals surface area contributed by atoms with Gasteiger partial charge in [-0.3, -0.25) is 15.1 Å². The molecule has 6 rings (SSSR count). The van der Waals surface area contributed by atoms with Crippen LogP contribution in [-0.2, 0) is 22.6 Å². The summed E-state index contributed by atoms with van der Waals surface area (Å²) in [6.45, 7) is 2.33. The van der Waals surface area contributed by atoms with E-state index in [-0.39, 0.29) is 56.3 Å². The summed E-state index contributed by atoms with van der Waals surface area (Å²) in [6.07, 6.45) is -9.01. The van der Waals surface area contributed by atoms with Crippen LogP contribution >= 0.6 is 0 Å². The number of aliphatic hydroxyl groups is 2. The van der Waals surface area contributed by atoms with E-state index in [4.69, 9.17) is 0 Å². The summed E-state index contributed by atoms with van der Waals surface area (Å²) in [4.78, 5) is 8.73. The van der Waals surface area contributed by atoms with E-state index in [1.165, 1.54) is 54.6 Å². The van der Waals surface area contributed by atoms with Crippen molar-refractivity contribution in [3.05, 3.63) is 95.1 Å². The van der Waals surface area contributed by atoms with E-state index in [0.29, 0.717) is 38.9 Å². The molecule has 0 aliphatic carbocycles. The van der Waals surface area contributed by atoms with Gasteiger partial charge in [-0.2, -0.15) is 26.3 Å². The molecule has 0 amide bonds. The van der Waals surface area contributed by atoms with Crippen molar-refractivity contribution in [3.8, 4) is 11.3 Å². The van der Waals surface area contributed by atoms with Crippen molar-refractivity contribution in [3.63, 3.8) is 0 Å². The average molecular weight is 737 g/mol. The minimum Gasteiger partial charge on any atom is -0.392 e. The largest absolute Gasteiger partial charge is 0.416 e. The Hall–Kier alpha value is -3.60. The number of sulfone groups is 1. The molecule has 3 atom stereocenters. The van der Waals surface area contributed by atoms with Crippen LogP contribution in [0.4, 0.5) is 26.3 Å². The molecule has 2 aliphatic heterocycles. The zero-order valence-corrected chi connectivity index (χ0v) is 28.4. The molecule has 2 saturated heterocycles. The maximum Gasteiger partial charge on any atom is 0.416 e. The van der Waals surface area contributed by atoms with Crippen LogP contribution in [0.3, 0.4) is 0 Å². The number of pyridine rings is 1.